The van der Waals surface area contributed by atoms with Crippen LogP contribution in [0.4, 0.5) is 24.8 Å². The summed E-state index contributed by atoms with van der Waals surface area (Å²) in [4.78, 5) is 33.0. The van der Waals surface area contributed by atoms with E-state index in [4.69, 9.17) is 0 Å². The number of alkyl halides is 3. The van der Waals surface area contributed by atoms with Gasteiger partial charge < -0.3 is 20.6 Å². The van der Waals surface area contributed by atoms with Crippen LogP contribution >= 0.6 is 0 Å². The molecule has 3 N–H and O–H groups in total. The van der Waals surface area contributed by atoms with Crippen molar-refractivity contribution in [3.63, 3.8) is 0 Å². The van der Waals surface area contributed by atoms with E-state index in [0.717, 1.165) is 36.4 Å². The first-order chi connectivity index (χ1) is 18.1. The van der Waals surface area contributed by atoms with E-state index in [1.807, 2.05) is 13.0 Å². The summed E-state index contributed by atoms with van der Waals surface area (Å²) in [5, 5.41) is 20.0. The molecule has 0 spiro atoms. The predicted molar refractivity (Wildman–Crippen MR) is 132 cm³/mol. The van der Waals surface area contributed by atoms with Crippen LogP contribution in [0.25, 0.3) is 11.1 Å². The van der Waals surface area contributed by atoms with Gasteiger partial charge in [-0.1, -0.05) is 6.07 Å². The highest BCUT2D eigenvalue weighted by Gasteiger charge is 2.32. The zero-order chi connectivity index (χ0) is 27.3. The van der Waals surface area contributed by atoms with Crippen molar-refractivity contribution in [1.82, 2.24) is 30.0 Å². The van der Waals surface area contributed by atoms with Gasteiger partial charge in [0.1, 0.15) is 5.69 Å². The van der Waals surface area contributed by atoms with E-state index in [1.54, 1.807) is 29.4 Å². The number of nitrogens with zero attached hydrogens (tertiary/aromatic N) is 5. The summed E-state index contributed by atoms with van der Waals surface area (Å²) < 4.78 is 40.3. The van der Waals surface area contributed by atoms with Gasteiger partial charge in [-0.15, -0.1) is 0 Å². The summed E-state index contributed by atoms with van der Waals surface area (Å²) in [6.07, 6.45) is 0.402. The minimum absolute atomic E-state index is 0.0640. The van der Waals surface area contributed by atoms with Crippen LogP contribution in [0.2, 0.25) is 0 Å². The maximum atomic E-state index is 13.0. The van der Waals surface area contributed by atoms with Crippen LogP contribution < -0.4 is 10.6 Å². The van der Waals surface area contributed by atoms with Crippen LogP contribution in [0.5, 0.6) is 0 Å². The van der Waals surface area contributed by atoms with Crippen molar-refractivity contribution in [1.29, 1.82) is 0 Å². The molecule has 1 aliphatic heterocycles. The Labute approximate surface area is 216 Å². The average molecular weight is 532 g/mol. The number of hydrogen-bond donors (Lipinski definition) is 3. The number of anilines is 2. The lowest BCUT2D eigenvalue weighted by atomic mass is 10.1. The van der Waals surface area contributed by atoms with Crippen LogP contribution in [0.1, 0.15) is 30.5 Å². The third-order valence-corrected chi connectivity index (χ3v) is 5.98. The molecule has 10 nitrogen and oxygen atoms in total. The van der Waals surface area contributed by atoms with Crippen molar-refractivity contribution in [2.45, 2.75) is 45.0 Å². The van der Waals surface area contributed by atoms with Gasteiger partial charge in [0, 0.05) is 49.7 Å². The number of halogens is 3. The maximum Gasteiger partial charge on any atom is 0.433 e. The number of likely N-dealkylation sites (tertiary alicyclic amines) is 1. The molecule has 1 saturated heterocycles. The number of aryl methyl sites for hydroxylation is 1. The Morgan fingerprint density at radius 3 is 2.79 bits per heavy atom. The monoisotopic (exact) mass is 531 g/mol. The van der Waals surface area contributed by atoms with Crippen molar-refractivity contribution in [2.75, 3.05) is 25.0 Å². The van der Waals surface area contributed by atoms with Gasteiger partial charge in [0.15, 0.2) is 6.10 Å². The first-order valence-electron chi connectivity index (χ1n) is 12.1. The minimum Gasteiger partial charge on any atom is -0.381 e. The largest absolute Gasteiger partial charge is 0.433 e. The number of aliphatic hydroxyl groups excluding tert-OH is 1. The molecule has 1 aliphatic rings. The summed E-state index contributed by atoms with van der Waals surface area (Å²) in [5.74, 6) is -0.586. The van der Waals surface area contributed by atoms with Crippen LogP contribution in [0.15, 0.2) is 42.9 Å². The van der Waals surface area contributed by atoms with Crippen molar-refractivity contribution >= 4 is 23.5 Å². The molecule has 0 aliphatic carbocycles. The van der Waals surface area contributed by atoms with Crippen LogP contribution in [-0.4, -0.2) is 67.3 Å². The number of rotatable bonds is 10. The van der Waals surface area contributed by atoms with Gasteiger partial charge in [-0.05, 0) is 49.1 Å². The van der Waals surface area contributed by atoms with Gasteiger partial charge in [0.05, 0.1) is 12.7 Å². The fraction of sp³-hybridized carbons (Fsp3) is 0.400. The lowest BCUT2D eigenvalue weighted by molar-refractivity contribution is -0.141. The Balaban J connectivity index is 1.34. The van der Waals surface area contributed by atoms with Crippen LogP contribution in [0.3, 0.4) is 0 Å². The number of nitrogens with one attached hydrogen (secondary N) is 2. The second-order valence-corrected chi connectivity index (χ2v) is 9.07. The molecule has 13 heteroatoms. The molecule has 38 heavy (non-hydrogen) atoms. The van der Waals surface area contributed by atoms with Gasteiger partial charge in [-0.2, -0.15) is 18.3 Å². The molecule has 3 aromatic rings. The summed E-state index contributed by atoms with van der Waals surface area (Å²) in [5.41, 5.74) is 1.68. The molecule has 4 rings (SSSR count). The second kappa shape index (κ2) is 11.6. The number of carbonyl (C=O) groups is 2. The molecule has 1 unspecified atom stereocenters. The van der Waals surface area contributed by atoms with E-state index in [-0.39, 0.29) is 18.4 Å². The van der Waals surface area contributed by atoms with Crippen LogP contribution in [0, 0.1) is 6.92 Å². The molecule has 0 radical (unpaired) electrons. The zero-order valence-corrected chi connectivity index (χ0v) is 20.7. The smallest absolute Gasteiger partial charge is 0.381 e. The Kier molecular flexibility index (Phi) is 8.25. The summed E-state index contributed by atoms with van der Waals surface area (Å²) in [6.45, 7) is 3.43. The molecule has 3 heterocycles. The quantitative estimate of drug-likeness (QED) is 0.344. The fourth-order valence-corrected chi connectivity index (χ4v) is 4.14. The zero-order valence-electron chi connectivity index (χ0n) is 20.7. The number of carbonyl (C=O) groups excluding carboxylic acids is 2. The van der Waals surface area contributed by atoms with E-state index >= 15 is 0 Å². The molecule has 0 saturated carbocycles. The Hall–Kier alpha value is -4.00. The van der Waals surface area contributed by atoms with E-state index in [0.29, 0.717) is 37.2 Å². The molecule has 2 amide bonds. The topological polar surface area (TPSA) is 125 Å². The van der Waals surface area contributed by atoms with Crippen molar-refractivity contribution in [2.24, 2.45) is 0 Å². The Morgan fingerprint density at radius 2 is 2.05 bits per heavy atom. The summed E-state index contributed by atoms with van der Waals surface area (Å²) in [6, 6.07) is 6.12. The lowest BCUT2D eigenvalue weighted by Gasteiger charge is -2.16. The highest BCUT2D eigenvalue weighted by atomic mass is 19.4. The van der Waals surface area contributed by atoms with E-state index in [2.05, 4.69) is 25.7 Å². The van der Waals surface area contributed by atoms with Gasteiger partial charge >= 0.3 is 6.18 Å². The average Bonchev–Trinajstić information content (AvgIpc) is 3.50. The third-order valence-electron chi connectivity index (χ3n) is 5.98. The molecule has 2 aromatic heterocycles. The predicted octanol–water partition coefficient (Wildman–Crippen LogP) is 2.90. The molecule has 1 fully saturated rings. The van der Waals surface area contributed by atoms with E-state index in [9.17, 15) is 27.9 Å². The maximum absolute atomic E-state index is 13.0. The summed E-state index contributed by atoms with van der Waals surface area (Å²) >= 11 is 0. The first-order valence-corrected chi connectivity index (χ1v) is 12.1. The highest BCUT2D eigenvalue weighted by Crippen LogP contribution is 2.29. The van der Waals surface area contributed by atoms with Crippen molar-refractivity contribution in [3.8, 4) is 11.1 Å². The number of aliphatic hydroxyl groups is 1. The van der Waals surface area contributed by atoms with Gasteiger partial charge in [0.25, 0.3) is 5.91 Å². The third kappa shape index (κ3) is 7.06. The molecular weight excluding hydrogens is 503 g/mol. The van der Waals surface area contributed by atoms with Crippen LogP contribution in [-0.2, 0) is 22.3 Å². The SMILES string of the molecule is Cc1cc(Nc2nccc(C(F)(F)F)n2)cc(-c2cnn(CC(O)C(=O)NCCCN3CCCC3=O)c2)c1. The van der Waals surface area contributed by atoms with Crippen molar-refractivity contribution in [3.05, 3.63) is 54.1 Å². The van der Waals surface area contributed by atoms with E-state index in [1.165, 1.54) is 4.68 Å². The highest BCUT2D eigenvalue weighted by molar-refractivity contribution is 5.80. The van der Waals surface area contributed by atoms with Crippen molar-refractivity contribution < 1.29 is 27.9 Å². The van der Waals surface area contributed by atoms with E-state index < -0.39 is 23.9 Å². The Morgan fingerprint density at radius 1 is 1.24 bits per heavy atom. The number of aromatic nitrogens is 4. The molecule has 1 aromatic carbocycles. The number of benzene rings is 1. The lowest BCUT2D eigenvalue weighted by Crippen LogP contribution is -2.38. The van der Waals surface area contributed by atoms with Gasteiger partial charge in [-0.3, -0.25) is 14.3 Å². The van der Waals surface area contributed by atoms with Gasteiger partial charge in [-0.25, -0.2) is 9.97 Å². The Bertz CT molecular complexity index is 1300. The minimum atomic E-state index is -4.58. The number of hydrogen-bond acceptors (Lipinski definition) is 7. The van der Waals surface area contributed by atoms with Gasteiger partial charge in [0.2, 0.25) is 11.9 Å². The molecular formula is C25H28F3N7O3. The molecule has 1 atom stereocenters. The second-order valence-electron chi connectivity index (χ2n) is 9.07. The normalized spacial score (nSPS) is 14.6. The molecule has 202 valence electrons. The summed E-state index contributed by atoms with van der Waals surface area (Å²) in [7, 11) is 0. The standard InChI is InChI=1S/C25H28F3N7O3/c1-16-10-17(12-19(11-16)32-24-30-7-5-21(33-24)25(26,27)28)18-13-31-35(14-18)15-20(36)23(38)29-6-3-9-34-8-2-4-22(34)37/h5,7,10-14,20,36H,2-4,6,8-9,15H2,1H3,(H,29,38)(H,30,32,33). The molecule has 0 bridgehead atoms. The first kappa shape index (κ1) is 27.0. The fourth-order valence-electron chi connectivity index (χ4n) is 4.14. The number of amides is 2.